The van der Waals surface area contributed by atoms with E-state index in [4.69, 9.17) is 0 Å². The summed E-state index contributed by atoms with van der Waals surface area (Å²) >= 11 is 0. The zero-order valence-electron chi connectivity index (χ0n) is 13.3. The maximum Gasteiger partial charge on any atom is 0.269 e. The molecule has 1 saturated heterocycles. The Morgan fingerprint density at radius 1 is 1.08 bits per heavy atom. The van der Waals surface area contributed by atoms with Gasteiger partial charge in [0, 0.05) is 24.7 Å². The number of non-ortho nitro benzene ring substituents is 1. The Morgan fingerprint density at radius 2 is 1.68 bits per heavy atom. The molecule has 1 aliphatic rings. The second-order valence-corrected chi connectivity index (χ2v) is 5.84. The van der Waals surface area contributed by atoms with Gasteiger partial charge in [-0.1, -0.05) is 30.3 Å². The number of hydrogen-bond acceptors (Lipinski definition) is 5. The monoisotopic (exact) mass is 338 g/mol. The highest BCUT2D eigenvalue weighted by atomic mass is 16.6. The third-order valence-corrected chi connectivity index (χ3v) is 4.45. The average molecular weight is 338 g/mol. The Hall–Kier alpha value is -3.35. The molecular formula is C18H14N2O5. The molecule has 1 fully saturated rings. The van der Waals surface area contributed by atoms with Gasteiger partial charge in [-0.05, 0) is 17.7 Å². The van der Waals surface area contributed by atoms with Crippen LogP contribution in [0.1, 0.15) is 22.3 Å². The van der Waals surface area contributed by atoms with Gasteiger partial charge in [-0.15, -0.1) is 0 Å². The molecule has 1 atom stereocenters. The van der Waals surface area contributed by atoms with Gasteiger partial charge in [-0.2, -0.15) is 0 Å². The third kappa shape index (κ3) is 2.50. The molecule has 7 nitrogen and oxygen atoms in total. The molecule has 25 heavy (non-hydrogen) atoms. The van der Waals surface area contributed by atoms with Crippen LogP contribution in [0.4, 0.5) is 5.69 Å². The Morgan fingerprint density at radius 3 is 2.16 bits per heavy atom. The highest BCUT2D eigenvalue weighted by Gasteiger charge is 2.56. The number of Topliss-reactive ketones (excluding diaryl/α,β-unsaturated/α-hetero) is 1. The molecule has 1 heterocycles. The highest BCUT2D eigenvalue weighted by Crippen LogP contribution is 2.39. The standard InChI is InChI=1S/C18H14N2O5/c1-19-15(21)11-18(17(19)23,13-5-3-2-4-6-13)16(22)12-7-9-14(10-8-12)20(24)25/h2-10H,11H2,1H3. The first-order valence-electron chi connectivity index (χ1n) is 7.53. The number of carbonyl (C=O) groups excluding carboxylic acids is 3. The van der Waals surface area contributed by atoms with E-state index in [1.54, 1.807) is 30.3 Å². The highest BCUT2D eigenvalue weighted by molar-refractivity contribution is 6.26. The van der Waals surface area contributed by atoms with E-state index < -0.39 is 27.9 Å². The minimum atomic E-state index is -1.64. The van der Waals surface area contributed by atoms with Crippen molar-refractivity contribution in [2.75, 3.05) is 7.05 Å². The van der Waals surface area contributed by atoms with Crippen molar-refractivity contribution in [3.05, 3.63) is 75.8 Å². The first-order valence-corrected chi connectivity index (χ1v) is 7.53. The van der Waals surface area contributed by atoms with Crippen LogP contribution in [0, 0.1) is 10.1 Å². The molecule has 0 N–H and O–H groups in total. The van der Waals surface area contributed by atoms with Gasteiger partial charge in [-0.25, -0.2) is 0 Å². The number of likely N-dealkylation sites (tertiary alicyclic amines) is 1. The molecule has 0 aromatic heterocycles. The van der Waals surface area contributed by atoms with Crippen molar-refractivity contribution >= 4 is 23.3 Å². The Balaban J connectivity index is 2.13. The summed E-state index contributed by atoms with van der Waals surface area (Å²) in [6, 6.07) is 13.4. The molecule has 2 aromatic rings. The van der Waals surface area contributed by atoms with Gasteiger partial charge in [0.25, 0.3) is 5.69 Å². The molecule has 0 spiro atoms. The van der Waals surface area contributed by atoms with Crippen LogP contribution in [-0.4, -0.2) is 34.5 Å². The fraction of sp³-hybridized carbons (Fsp3) is 0.167. The zero-order valence-corrected chi connectivity index (χ0v) is 13.3. The summed E-state index contributed by atoms with van der Waals surface area (Å²) in [4.78, 5) is 49.3. The summed E-state index contributed by atoms with van der Waals surface area (Å²) in [5.74, 6) is -1.58. The fourth-order valence-corrected chi connectivity index (χ4v) is 3.06. The molecule has 1 unspecified atom stereocenters. The maximum absolute atomic E-state index is 13.2. The van der Waals surface area contributed by atoms with Crippen LogP contribution < -0.4 is 0 Å². The number of benzene rings is 2. The minimum absolute atomic E-state index is 0.144. The van der Waals surface area contributed by atoms with Crippen LogP contribution in [-0.2, 0) is 15.0 Å². The Bertz CT molecular complexity index is 876. The second kappa shape index (κ2) is 5.94. The molecule has 2 amide bonds. The number of carbonyl (C=O) groups is 3. The number of hydrogen-bond donors (Lipinski definition) is 0. The summed E-state index contributed by atoms with van der Waals surface area (Å²) in [6.07, 6.45) is -0.262. The number of amides is 2. The smallest absolute Gasteiger partial charge is 0.269 e. The van der Waals surface area contributed by atoms with E-state index in [2.05, 4.69) is 0 Å². The zero-order chi connectivity index (χ0) is 18.2. The number of nitro benzene ring substituents is 1. The summed E-state index contributed by atoms with van der Waals surface area (Å²) in [5, 5.41) is 10.8. The van der Waals surface area contributed by atoms with Gasteiger partial charge in [0.15, 0.2) is 5.78 Å². The first kappa shape index (κ1) is 16.5. The lowest BCUT2D eigenvalue weighted by molar-refractivity contribution is -0.384. The number of rotatable bonds is 4. The van der Waals surface area contributed by atoms with Crippen molar-refractivity contribution in [1.82, 2.24) is 4.90 Å². The molecule has 0 radical (unpaired) electrons. The number of imide groups is 1. The number of nitro groups is 1. The predicted molar refractivity (Wildman–Crippen MR) is 87.9 cm³/mol. The summed E-state index contributed by atoms with van der Waals surface area (Å²) in [5.41, 5.74) is -1.22. The second-order valence-electron chi connectivity index (χ2n) is 5.84. The normalized spacial score (nSPS) is 20.0. The van der Waals surface area contributed by atoms with E-state index in [0.29, 0.717) is 5.56 Å². The van der Waals surface area contributed by atoms with Crippen molar-refractivity contribution in [2.45, 2.75) is 11.8 Å². The average Bonchev–Trinajstić information content (AvgIpc) is 2.87. The van der Waals surface area contributed by atoms with Crippen molar-refractivity contribution in [1.29, 1.82) is 0 Å². The van der Waals surface area contributed by atoms with E-state index in [0.717, 1.165) is 4.90 Å². The van der Waals surface area contributed by atoms with E-state index in [1.807, 2.05) is 0 Å². The fourth-order valence-electron chi connectivity index (χ4n) is 3.06. The lowest BCUT2D eigenvalue weighted by atomic mass is 9.73. The van der Waals surface area contributed by atoms with Crippen LogP contribution in [0.2, 0.25) is 0 Å². The summed E-state index contributed by atoms with van der Waals surface area (Å²) in [6.45, 7) is 0. The van der Waals surface area contributed by atoms with Gasteiger partial charge >= 0.3 is 0 Å². The summed E-state index contributed by atoms with van der Waals surface area (Å²) < 4.78 is 0. The molecule has 0 saturated carbocycles. The molecule has 2 aromatic carbocycles. The largest absolute Gasteiger partial charge is 0.293 e. The van der Waals surface area contributed by atoms with Crippen LogP contribution >= 0.6 is 0 Å². The topological polar surface area (TPSA) is 97.6 Å². The van der Waals surface area contributed by atoms with Crippen molar-refractivity contribution in [3.63, 3.8) is 0 Å². The molecule has 1 aliphatic heterocycles. The predicted octanol–water partition coefficient (Wildman–Crippen LogP) is 2.10. The number of likely N-dealkylation sites (N-methyl/N-ethyl adjacent to an activating group) is 1. The van der Waals surface area contributed by atoms with Gasteiger partial charge in [0.1, 0.15) is 5.41 Å². The molecular weight excluding hydrogens is 324 g/mol. The lowest BCUT2D eigenvalue weighted by Crippen LogP contribution is -2.43. The van der Waals surface area contributed by atoms with E-state index in [9.17, 15) is 24.5 Å². The van der Waals surface area contributed by atoms with Crippen LogP contribution in [0.5, 0.6) is 0 Å². The quantitative estimate of drug-likeness (QED) is 0.279. The molecule has 0 bridgehead atoms. The Kier molecular flexibility index (Phi) is 3.92. The Labute approximate surface area is 143 Å². The van der Waals surface area contributed by atoms with E-state index >= 15 is 0 Å². The van der Waals surface area contributed by atoms with Crippen molar-refractivity contribution in [2.24, 2.45) is 0 Å². The maximum atomic E-state index is 13.2. The van der Waals surface area contributed by atoms with Gasteiger partial charge in [-0.3, -0.25) is 29.4 Å². The van der Waals surface area contributed by atoms with Gasteiger partial charge in [0.05, 0.1) is 11.3 Å². The van der Waals surface area contributed by atoms with E-state index in [1.165, 1.54) is 31.3 Å². The van der Waals surface area contributed by atoms with Crippen molar-refractivity contribution < 1.29 is 19.3 Å². The van der Waals surface area contributed by atoms with Crippen molar-refractivity contribution in [3.8, 4) is 0 Å². The first-order chi connectivity index (χ1) is 11.9. The van der Waals surface area contributed by atoms with Crippen LogP contribution in [0.25, 0.3) is 0 Å². The van der Waals surface area contributed by atoms with Gasteiger partial charge in [0.2, 0.25) is 11.8 Å². The summed E-state index contributed by atoms with van der Waals surface area (Å²) in [7, 11) is 1.35. The SMILES string of the molecule is CN1C(=O)CC(C(=O)c2ccc([N+](=O)[O-])cc2)(c2ccccc2)C1=O. The lowest BCUT2D eigenvalue weighted by Gasteiger charge is -2.25. The van der Waals surface area contributed by atoms with E-state index in [-0.39, 0.29) is 17.7 Å². The van der Waals surface area contributed by atoms with Gasteiger partial charge < -0.3 is 0 Å². The molecule has 126 valence electrons. The number of ketones is 1. The molecule has 7 heteroatoms. The molecule has 3 rings (SSSR count). The number of nitrogens with zero attached hydrogens (tertiary/aromatic N) is 2. The van der Waals surface area contributed by atoms with Crippen LogP contribution in [0.15, 0.2) is 54.6 Å². The molecule has 0 aliphatic carbocycles. The minimum Gasteiger partial charge on any atom is -0.293 e. The van der Waals surface area contributed by atoms with Crippen LogP contribution in [0.3, 0.4) is 0 Å². The third-order valence-electron chi connectivity index (χ3n) is 4.45.